The average molecular weight is 230 g/mol. The number of hydrogen-bond donors (Lipinski definition) is 1. The third kappa shape index (κ3) is 2.07. The van der Waals surface area contributed by atoms with Gasteiger partial charge in [-0.2, -0.15) is 5.26 Å². The first kappa shape index (κ1) is 11.4. The van der Waals surface area contributed by atoms with Gasteiger partial charge in [0, 0.05) is 19.8 Å². The van der Waals surface area contributed by atoms with Crippen LogP contribution in [-0.2, 0) is 4.79 Å². The molecular formula is C12H14N4O. The molecule has 5 heteroatoms. The lowest BCUT2D eigenvalue weighted by molar-refractivity contribution is -0.127. The molecule has 1 saturated heterocycles. The highest BCUT2D eigenvalue weighted by Gasteiger charge is 2.29. The van der Waals surface area contributed by atoms with Crippen LogP contribution in [0.1, 0.15) is 17.5 Å². The quantitative estimate of drug-likeness (QED) is 0.819. The molecule has 1 aliphatic rings. The lowest BCUT2D eigenvalue weighted by atomic mass is 10.1. The Morgan fingerprint density at radius 3 is 3.00 bits per heavy atom. The fourth-order valence-electron chi connectivity index (χ4n) is 1.93. The molecular weight excluding hydrogens is 216 g/mol. The number of hydrogen-bond acceptors (Lipinski definition) is 4. The number of anilines is 1. The maximum Gasteiger partial charge on any atom is 0.244 e. The van der Waals surface area contributed by atoms with Crippen LogP contribution in [0.25, 0.3) is 0 Å². The Bertz CT molecular complexity index is 492. The van der Waals surface area contributed by atoms with Crippen LogP contribution in [0.5, 0.6) is 0 Å². The number of amides is 1. The summed E-state index contributed by atoms with van der Waals surface area (Å²) >= 11 is 0. The first-order valence-electron chi connectivity index (χ1n) is 5.50. The molecule has 0 aromatic carbocycles. The minimum absolute atomic E-state index is 0.0530. The third-order valence-electron chi connectivity index (χ3n) is 3.01. The van der Waals surface area contributed by atoms with Crippen LogP contribution in [-0.4, -0.2) is 35.4 Å². The van der Waals surface area contributed by atoms with Crippen LogP contribution in [0.4, 0.5) is 5.82 Å². The van der Waals surface area contributed by atoms with Crippen molar-refractivity contribution in [2.24, 2.45) is 0 Å². The Labute approximate surface area is 100 Å². The van der Waals surface area contributed by atoms with Gasteiger partial charge in [-0.1, -0.05) is 0 Å². The molecule has 1 aromatic rings. The predicted molar refractivity (Wildman–Crippen MR) is 63.4 cm³/mol. The molecule has 1 amide bonds. The maximum atomic E-state index is 11.7. The summed E-state index contributed by atoms with van der Waals surface area (Å²) in [6.45, 7) is 2.60. The first-order valence-corrected chi connectivity index (χ1v) is 5.50. The number of nitrogens with one attached hydrogen (secondary N) is 1. The van der Waals surface area contributed by atoms with Crippen LogP contribution < -0.4 is 5.32 Å². The van der Waals surface area contributed by atoms with E-state index in [9.17, 15) is 4.79 Å². The van der Waals surface area contributed by atoms with E-state index in [0.717, 1.165) is 18.5 Å². The summed E-state index contributed by atoms with van der Waals surface area (Å²) in [4.78, 5) is 17.6. The number of carbonyl (C=O) groups is 1. The van der Waals surface area contributed by atoms with E-state index in [1.54, 1.807) is 24.2 Å². The molecule has 0 radical (unpaired) electrons. The van der Waals surface area contributed by atoms with Crippen molar-refractivity contribution in [2.45, 2.75) is 19.4 Å². The number of likely N-dealkylation sites (N-methyl/N-ethyl adjacent to an activating group) is 1. The smallest absolute Gasteiger partial charge is 0.244 e. The van der Waals surface area contributed by atoms with Gasteiger partial charge in [-0.05, 0) is 25.0 Å². The van der Waals surface area contributed by atoms with E-state index in [-0.39, 0.29) is 11.9 Å². The molecule has 17 heavy (non-hydrogen) atoms. The zero-order valence-corrected chi connectivity index (χ0v) is 9.90. The van der Waals surface area contributed by atoms with Crippen LogP contribution in [0.15, 0.2) is 12.3 Å². The second kappa shape index (κ2) is 4.42. The molecule has 1 fully saturated rings. The summed E-state index contributed by atoms with van der Waals surface area (Å²) in [6, 6.07) is 3.64. The minimum atomic E-state index is -0.263. The van der Waals surface area contributed by atoms with Crippen molar-refractivity contribution in [3.63, 3.8) is 0 Å². The van der Waals surface area contributed by atoms with E-state index in [1.165, 1.54) is 0 Å². The van der Waals surface area contributed by atoms with Gasteiger partial charge in [-0.3, -0.25) is 4.79 Å². The monoisotopic (exact) mass is 230 g/mol. The van der Waals surface area contributed by atoms with Crippen molar-refractivity contribution >= 4 is 11.7 Å². The number of aryl methyl sites for hydroxylation is 1. The summed E-state index contributed by atoms with van der Waals surface area (Å²) in [6.07, 6.45) is 2.39. The number of nitrogens with zero attached hydrogens (tertiary/aromatic N) is 3. The summed E-state index contributed by atoms with van der Waals surface area (Å²) in [5.74, 6) is 0.554. The molecule has 2 rings (SSSR count). The van der Waals surface area contributed by atoms with E-state index in [1.807, 2.05) is 6.92 Å². The van der Waals surface area contributed by atoms with E-state index in [4.69, 9.17) is 5.26 Å². The van der Waals surface area contributed by atoms with Crippen molar-refractivity contribution in [3.05, 3.63) is 23.4 Å². The van der Waals surface area contributed by atoms with Gasteiger partial charge in [0.2, 0.25) is 5.91 Å². The molecule has 88 valence electrons. The van der Waals surface area contributed by atoms with Crippen LogP contribution in [0.2, 0.25) is 0 Å². The average Bonchev–Trinajstić information content (AvgIpc) is 2.61. The lowest BCUT2D eigenvalue weighted by Gasteiger charge is -2.14. The molecule has 5 nitrogen and oxygen atoms in total. The fourth-order valence-corrected chi connectivity index (χ4v) is 1.93. The lowest BCUT2D eigenvalue weighted by Crippen LogP contribution is -2.31. The molecule has 1 N–H and O–H groups in total. The number of aromatic nitrogens is 1. The number of carbonyl (C=O) groups excluding carboxylic acids is 1. The minimum Gasteiger partial charge on any atom is -0.357 e. The zero-order chi connectivity index (χ0) is 12.4. The van der Waals surface area contributed by atoms with Gasteiger partial charge in [0.25, 0.3) is 0 Å². The molecule has 2 heterocycles. The molecule has 0 spiro atoms. The second-order valence-electron chi connectivity index (χ2n) is 4.21. The number of likely N-dealkylation sites (tertiary alicyclic amines) is 1. The van der Waals surface area contributed by atoms with Gasteiger partial charge in [0.05, 0.1) is 5.56 Å². The second-order valence-corrected chi connectivity index (χ2v) is 4.21. The molecule has 0 aliphatic carbocycles. The Hall–Kier alpha value is -2.09. The Kier molecular flexibility index (Phi) is 2.96. The van der Waals surface area contributed by atoms with Gasteiger partial charge in [0.1, 0.15) is 17.9 Å². The molecule has 1 atom stereocenters. The standard InChI is InChI=1S/C12H14N4O/c1-8-3-5-14-11(9(8)7-13)15-10-4-6-16(2)12(10)17/h3,5,10H,4,6H2,1-2H3,(H,14,15). The molecule has 1 aromatic heterocycles. The van der Waals surface area contributed by atoms with Gasteiger partial charge >= 0.3 is 0 Å². The van der Waals surface area contributed by atoms with Crippen LogP contribution in [0, 0.1) is 18.3 Å². The van der Waals surface area contributed by atoms with E-state index >= 15 is 0 Å². The third-order valence-corrected chi connectivity index (χ3v) is 3.01. The summed E-state index contributed by atoms with van der Waals surface area (Å²) in [5, 5.41) is 12.1. The molecule has 1 unspecified atom stereocenters. The highest BCUT2D eigenvalue weighted by Crippen LogP contribution is 2.19. The van der Waals surface area contributed by atoms with E-state index in [0.29, 0.717) is 11.4 Å². The van der Waals surface area contributed by atoms with Gasteiger partial charge in [0.15, 0.2) is 0 Å². The Morgan fingerprint density at radius 2 is 2.41 bits per heavy atom. The summed E-state index contributed by atoms with van der Waals surface area (Å²) in [7, 11) is 1.78. The van der Waals surface area contributed by atoms with Gasteiger partial charge < -0.3 is 10.2 Å². The van der Waals surface area contributed by atoms with Crippen molar-refractivity contribution < 1.29 is 4.79 Å². The SMILES string of the molecule is Cc1ccnc(NC2CCN(C)C2=O)c1C#N. The number of pyridine rings is 1. The zero-order valence-electron chi connectivity index (χ0n) is 9.90. The summed E-state index contributed by atoms with van der Waals surface area (Å²) in [5.41, 5.74) is 1.37. The van der Waals surface area contributed by atoms with Gasteiger partial charge in [-0.25, -0.2) is 4.98 Å². The molecule has 0 bridgehead atoms. The highest BCUT2D eigenvalue weighted by molar-refractivity contribution is 5.86. The molecule has 0 saturated carbocycles. The summed E-state index contributed by atoms with van der Waals surface area (Å²) < 4.78 is 0. The van der Waals surface area contributed by atoms with Crippen LogP contribution >= 0.6 is 0 Å². The van der Waals surface area contributed by atoms with Crippen LogP contribution in [0.3, 0.4) is 0 Å². The van der Waals surface area contributed by atoms with Crippen molar-refractivity contribution in [2.75, 3.05) is 18.9 Å². The number of rotatable bonds is 2. The van der Waals surface area contributed by atoms with E-state index < -0.39 is 0 Å². The Balaban J connectivity index is 2.23. The van der Waals surface area contributed by atoms with Crippen molar-refractivity contribution in [3.8, 4) is 6.07 Å². The van der Waals surface area contributed by atoms with Crippen molar-refractivity contribution in [1.29, 1.82) is 5.26 Å². The van der Waals surface area contributed by atoms with Gasteiger partial charge in [-0.15, -0.1) is 0 Å². The van der Waals surface area contributed by atoms with Crippen molar-refractivity contribution in [1.82, 2.24) is 9.88 Å². The molecule has 1 aliphatic heterocycles. The topological polar surface area (TPSA) is 69.0 Å². The maximum absolute atomic E-state index is 11.7. The van der Waals surface area contributed by atoms with E-state index in [2.05, 4.69) is 16.4 Å². The fraction of sp³-hybridized carbons (Fsp3) is 0.417. The first-order chi connectivity index (χ1) is 8.13. The normalized spacial score (nSPS) is 19.2. The predicted octanol–water partition coefficient (Wildman–Crippen LogP) is 0.904. The Morgan fingerprint density at radius 1 is 1.65 bits per heavy atom. The highest BCUT2D eigenvalue weighted by atomic mass is 16.2. The number of nitriles is 1. The largest absolute Gasteiger partial charge is 0.357 e.